The van der Waals surface area contributed by atoms with Crippen LogP contribution in [0.2, 0.25) is 0 Å². The molecule has 0 saturated heterocycles. The average Bonchev–Trinajstić information content (AvgIpc) is 2.86. The second kappa shape index (κ2) is 5.29. The number of benzene rings is 2. The highest BCUT2D eigenvalue weighted by Gasteiger charge is 2.14. The minimum absolute atomic E-state index is 0.218. The summed E-state index contributed by atoms with van der Waals surface area (Å²) < 4.78 is 18.7. The van der Waals surface area contributed by atoms with Crippen LogP contribution in [-0.4, -0.2) is 12.1 Å². The van der Waals surface area contributed by atoms with E-state index in [1.807, 2.05) is 24.3 Å². The first-order chi connectivity index (χ1) is 10.2. The van der Waals surface area contributed by atoms with Crippen molar-refractivity contribution in [2.75, 3.05) is 7.11 Å². The summed E-state index contributed by atoms with van der Waals surface area (Å²) in [6.45, 7) is 0. The summed E-state index contributed by atoms with van der Waals surface area (Å²) in [4.78, 5) is 3.27. The van der Waals surface area contributed by atoms with Crippen molar-refractivity contribution in [3.63, 3.8) is 0 Å². The lowest BCUT2D eigenvalue weighted by Gasteiger charge is -2.04. The van der Waals surface area contributed by atoms with Crippen LogP contribution in [-0.2, 0) is 6.42 Å². The van der Waals surface area contributed by atoms with Crippen molar-refractivity contribution in [1.82, 2.24) is 4.98 Å². The molecular formula is C17H13FN2O. The van der Waals surface area contributed by atoms with Gasteiger partial charge in [0, 0.05) is 16.5 Å². The van der Waals surface area contributed by atoms with Crippen molar-refractivity contribution >= 4 is 10.9 Å². The lowest BCUT2D eigenvalue weighted by molar-refractivity contribution is 0.415. The second-order valence-corrected chi connectivity index (χ2v) is 4.74. The first-order valence-electron chi connectivity index (χ1n) is 6.54. The minimum Gasteiger partial charge on any atom is -0.497 e. The standard InChI is InChI=1S/C17H13FN2O/c1-21-13-4-2-3-11(9-13)17-14(7-8-19)15-10-12(18)5-6-16(15)20-17/h2-6,9-10,20H,7H2,1H3. The number of ether oxygens (including phenoxy) is 1. The lowest BCUT2D eigenvalue weighted by Crippen LogP contribution is -1.88. The summed E-state index contributed by atoms with van der Waals surface area (Å²) >= 11 is 0. The summed E-state index contributed by atoms with van der Waals surface area (Å²) in [5.41, 5.74) is 3.37. The smallest absolute Gasteiger partial charge is 0.123 e. The molecule has 0 fully saturated rings. The Balaban J connectivity index is 2.26. The molecule has 3 rings (SSSR count). The molecule has 0 aliphatic rings. The third kappa shape index (κ3) is 2.34. The normalized spacial score (nSPS) is 10.5. The highest BCUT2D eigenvalue weighted by atomic mass is 19.1. The van der Waals surface area contributed by atoms with Gasteiger partial charge >= 0.3 is 0 Å². The van der Waals surface area contributed by atoms with E-state index >= 15 is 0 Å². The van der Waals surface area contributed by atoms with Gasteiger partial charge in [-0.05, 0) is 35.9 Å². The molecule has 0 bridgehead atoms. The monoisotopic (exact) mass is 280 g/mol. The molecule has 4 heteroatoms. The number of hydrogen-bond donors (Lipinski definition) is 1. The van der Waals surface area contributed by atoms with Gasteiger partial charge in [0.05, 0.1) is 25.3 Å². The molecule has 104 valence electrons. The SMILES string of the molecule is COc1cccc(-c2[nH]c3ccc(F)cc3c2CC#N)c1. The van der Waals surface area contributed by atoms with Gasteiger partial charge in [-0.25, -0.2) is 4.39 Å². The summed E-state index contributed by atoms with van der Waals surface area (Å²) in [6.07, 6.45) is 0.218. The van der Waals surface area contributed by atoms with E-state index in [9.17, 15) is 4.39 Å². The lowest BCUT2D eigenvalue weighted by atomic mass is 10.0. The summed E-state index contributed by atoms with van der Waals surface area (Å²) in [7, 11) is 1.61. The number of nitriles is 1. The van der Waals surface area contributed by atoms with Crippen molar-refractivity contribution in [2.45, 2.75) is 6.42 Å². The van der Waals surface area contributed by atoms with E-state index in [4.69, 9.17) is 10.00 Å². The maximum absolute atomic E-state index is 13.5. The first-order valence-corrected chi connectivity index (χ1v) is 6.54. The Morgan fingerprint density at radius 3 is 2.86 bits per heavy atom. The Hall–Kier alpha value is -2.80. The molecule has 0 aliphatic carbocycles. The number of aromatic nitrogens is 1. The van der Waals surface area contributed by atoms with Crippen LogP contribution in [0.15, 0.2) is 42.5 Å². The Morgan fingerprint density at radius 2 is 2.10 bits per heavy atom. The number of nitrogens with one attached hydrogen (secondary N) is 1. The van der Waals surface area contributed by atoms with Crippen LogP contribution in [0.1, 0.15) is 5.56 Å². The molecule has 0 aliphatic heterocycles. The summed E-state index contributed by atoms with van der Waals surface area (Å²) in [5, 5.41) is 9.80. The van der Waals surface area contributed by atoms with E-state index in [0.29, 0.717) is 0 Å². The quantitative estimate of drug-likeness (QED) is 0.786. The van der Waals surface area contributed by atoms with Crippen molar-refractivity contribution in [2.24, 2.45) is 0 Å². The predicted molar refractivity (Wildman–Crippen MR) is 79.6 cm³/mol. The van der Waals surface area contributed by atoms with E-state index in [0.717, 1.165) is 33.5 Å². The topological polar surface area (TPSA) is 48.8 Å². The van der Waals surface area contributed by atoms with Gasteiger partial charge in [-0.2, -0.15) is 5.26 Å². The Labute approximate surface area is 121 Å². The van der Waals surface area contributed by atoms with Crippen molar-refractivity contribution in [3.8, 4) is 23.1 Å². The fraction of sp³-hybridized carbons (Fsp3) is 0.118. The third-order valence-corrected chi connectivity index (χ3v) is 3.48. The number of H-pyrrole nitrogens is 1. The average molecular weight is 280 g/mol. The molecule has 0 atom stereocenters. The number of rotatable bonds is 3. The molecule has 0 amide bonds. The number of hydrogen-bond acceptors (Lipinski definition) is 2. The van der Waals surface area contributed by atoms with Gasteiger partial charge < -0.3 is 9.72 Å². The van der Waals surface area contributed by atoms with Crippen LogP contribution in [0, 0.1) is 17.1 Å². The van der Waals surface area contributed by atoms with Crippen LogP contribution >= 0.6 is 0 Å². The Morgan fingerprint density at radius 1 is 1.24 bits per heavy atom. The van der Waals surface area contributed by atoms with E-state index in [1.165, 1.54) is 12.1 Å². The number of methoxy groups -OCH3 is 1. The van der Waals surface area contributed by atoms with Crippen molar-refractivity contribution < 1.29 is 9.13 Å². The number of aromatic amines is 1. The summed E-state index contributed by atoms with van der Waals surface area (Å²) in [5.74, 6) is 0.429. The molecule has 0 saturated carbocycles. The first kappa shape index (κ1) is 13.2. The zero-order valence-electron chi connectivity index (χ0n) is 11.5. The minimum atomic E-state index is -0.308. The molecule has 3 nitrogen and oxygen atoms in total. The number of halogens is 1. The fourth-order valence-corrected chi connectivity index (χ4v) is 2.51. The molecule has 1 heterocycles. The molecule has 1 aromatic heterocycles. The third-order valence-electron chi connectivity index (χ3n) is 3.48. The molecule has 1 N–H and O–H groups in total. The summed E-state index contributed by atoms with van der Waals surface area (Å²) in [6, 6.07) is 14.3. The van der Waals surface area contributed by atoms with E-state index in [1.54, 1.807) is 13.2 Å². The Bertz CT molecular complexity index is 846. The maximum Gasteiger partial charge on any atom is 0.123 e. The van der Waals surface area contributed by atoms with Crippen LogP contribution in [0.25, 0.3) is 22.2 Å². The van der Waals surface area contributed by atoms with E-state index in [2.05, 4.69) is 11.1 Å². The zero-order valence-corrected chi connectivity index (χ0v) is 11.5. The molecule has 0 unspecified atom stereocenters. The van der Waals surface area contributed by atoms with E-state index < -0.39 is 0 Å². The molecule has 2 aromatic carbocycles. The molecule has 21 heavy (non-hydrogen) atoms. The molecular weight excluding hydrogens is 267 g/mol. The molecule has 0 radical (unpaired) electrons. The van der Waals surface area contributed by atoms with Crippen molar-refractivity contribution in [1.29, 1.82) is 5.26 Å². The highest BCUT2D eigenvalue weighted by Crippen LogP contribution is 2.32. The van der Waals surface area contributed by atoms with Crippen LogP contribution < -0.4 is 4.74 Å². The molecule has 0 spiro atoms. The van der Waals surface area contributed by atoms with Crippen LogP contribution in [0.5, 0.6) is 5.75 Å². The largest absolute Gasteiger partial charge is 0.497 e. The highest BCUT2D eigenvalue weighted by molar-refractivity contribution is 5.91. The Kier molecular flexibility index (Phi) is 3.33. The van der Waals surface area contributed by atoms with E-state index in [-0.39, 0.29) is 12.2 Å². The predicted octanol–water partition coefficient (Wildman–Crippen LogP) is 4.05. The van der Waals surface area contributed by atoms with Gasteiger partial charge in [-0.1, -0.05) is 12.1 Å². The van der Waals surface area contributed by atoms with Crippen LogP contribution in [0.3, 0.4) is 0 Å². The maximum atomic E-state index is 13.5. The van der Waals surface area contributed by atoms with Gasteiger partial charge in [0.2, 0.25) is 0 Å². The fourth-order valence-electron chi connectivity index (χ4n) is 2.51. The van der Waals surface area contributed by atoms with Crippen LogP contribution in [0.4, 0.5) is 4.39 Å². The van der Waals surface area contributed by atoms with Crippen molar-refractivity contribution in [3.05, 3.63) is 53.8 Å². The number of nitrogens with zero attached hydrogens (tertiary/aromatic N) is 1. The van der Waals surface area contributed by atoms with Gasteiger partial charge in [-0.3, -0.25) is 0 Å². The van der Waals surface area contributed by atoms with Gasteiger partial charge in [0.25, 0.3) is 0 Å². The van der Waals surface area contributed by atoms with Gasteiger partial charge in [-0.15, -0.1) is 0 Å². The zero-order chi connectivity index (χ0) is 14.8. The second-order valence-electron chi connectivity index (χ2n) is 4.74. The van der Waals surface area contributed by atoms with Gasteiger partial charge in [0.15, 0.2) is 0 Å². The molecule has 3 aromatic rings. The number of fused-ring (bicyclic) bond motifs is 1. The van der Waals surface area contributed by atoms with Gasteiger partial charge in [0.1, 0.15) is 11.6 Å².